The molecule has 0 bridgehead atoms. The normalized spacial score (nSPS) is 15.4. The maximum Gasteiger partial charge on any atom is 0.261 e. The van der Waals surface area contributed by atoms with Crippen LogP contribution in [0.4, 0.5) is 0 Å². The first-order valence-corrected chi connectivity index (χ1v) is 10.5. The lowest BCUT2D eigenvalue weighted by atomic mass is 10.0. The largest absolute Gasteiger partial charge is 0.353 e. The fourth-order valence-corrected chi connectivity index (χ4v) is 3.96. The highest BCUT2D eigenvalue weighted by atomic mass is 32.1. The van der Waals surface area contributed by atoms with Gasteiger partial charge in [-0.25, -0.2) is 0 Å². The Bertz CT molecular complexity index is 710. The molecule has 0 spiro atoms. The van der Waals surface area contributed by atoms with Crippen molar-refractivity contribution in [1.82, 2.24) is 15.5 Å². The summed E-state index contributed by atoms with van der Waals surface area (Å²) in [5.41, 5.74) is 1.34. The first kappa shape index (κ1) is 19.6. The lowest BCUT2D eigenvalue weighted by Gasteiger charge is -2.32. The van der Waals surface area contributed by atoms with Crippen molar-refractivity contribution >= 4 is 23.2 Å². The average Bonchev–Trinajstić information content (AvgIpc) is 3.22. The summed E-state index contributed by atoms with van der Waals surface area (Å²) in [6, 6.07) is 14.4. The Morgan fingerprint density at radius 1 is 1.07 bits per heavy atom. The van der Waals surface area contributed by atoms with Crippen LogP contribution in [-0.4, -0.2) is 42.4 Å². The fraction of sp³-hybridized carbons (Fsp3) is 0.429. The summed E-state index contributed by atoms with van der Waals surface area (Å²) in [7, 11) is 0. The van der Waals surface area contributed by atoms with Gasteiger partial charge in [0.15, 0.2) is 0 Å². The number of nitrogens with zero attached hydrogens (tertiary/aromatic N) is 1. The minimum atomic E-state index is -0.0591. The number of carbonyl (C=O) groups excluding carboxylic acids is 2. The van der Waals surface area contributed by atoms with Gasteiger partial charge in [-0.1, -0.05) is 36.4 Å². The number of hydrogen-bond donors (Lipinski definition) is 2. The Hall–Kier alpha value is -2.18. The van der Waals surface area contributed by atoms with Crippen LogP contribution in [0.1, 0.15) is 40.9 Å². The summed E-state index contributed by atoms with van der Waals surface area (Å²) < 4.78 is 0. The van der Waals surface area contributed by atoms with Crippen LogP contribution in [-0.2, 0) is 11.3 Å². The van der Waals surface area contributed by atoms with E-state index in [1.54, 1.807) is 6.07 Å². The average molecular weight is 386 g/mol. The third kappa shape index (κ3) is 6.48. The highest BCUT2D eigenvalue weighted by Gasteiger charge is 2.20. The molecule has 6 heteroatoms. The van der Waals surface area contributed by atoms with Gasteiger partial charge < -0.3 is 10.6 Å². The van der Waals surface area contributed by atoms with Crippen LogP contribution < -0.4 is 10.6 Å². The minimum absolute atomic E-state index is 0.0591. The zero-order valence-electron chi connectivity index (χ0n) is 15.5. The molecule has 0 atom stereocenters. The van der Waals surface area contributed by atoms with E-state index < -0.39 is 0 Å². The topological polar surface area (TPSA) is 61.4 Å². The van der Waals surface area contributed by atoms with Crippen LogP contribution in [0.2, 0.25) is 0 Å². The standard InChI is InChI=1S/C21H27N3O2S/c25-20(9-4-12-22-21(26)19-8-5-15-27-19)23-18-10-13-24(14-11-18)16-17-6-2-1-3-7-17/h1-3,5-8,15,18H,4,9-14,16H2,(H,22,26)(H,23,25). The molecule has 2 N–H and O–H groups in total. The number of piperidine rings is 1. The van der Waals surface area contributed by atoms with Crippen molar-refractivity contribution in [3.63, 3.8) is 0 Å². The van der Waals surface area contributed by atoms with Crippen molar-refractivity contribution in [2.45, 2.75) is 38.3 Å². The van der Waals surface area contributed by atoms with E-state index in [4.69, 9.17) is 0 Å². The summed E-state index contributed by atoms with van der Waals surface area (Å²) in [6.45, 7) is 3.53. The van der Waals surface area contributed by atoms with E-state index in [1.165, 1.54) is 16.9 Å². The third-order valence-corrected chi connectivity index (χ3v) is 5.68. The maximum atomic E-state index is 12.1. The predicted octanol–water partition coefficient (Wildman–Crippen LogP) is 3.04. The lowest BCUT2D eigenvalue weighted by Crippen LogP contribution is -2.44. The van der Waals surface area contributed by atoms with E-state index >= 15 is 0 Å². The zero-order valence-corrected chi connectivity index (χ0v) is 16.3. The van der Waals surface area contributed by atoms with Crippen LogP contribution in [0.3, 0.4) is 0 Å². The Balaban J connectivity index is 1.27. The number of carbonyl (C=O) groups is 2. The number of nitrogens with one attached hydrogen (secondary N) is 2. The SMILES string of the molecule is O=C(CCCNC(=O)c1cccs1)NC1CCN(Cc2ccccc2)CC1. The molecule has 0 aliphatic carbocycles. The number of amides is 2. The van der Waals surface area contributed by atoms with Crippen molar-refractivity contribution in [2.24, 2.45) is 0 Å². The van der Waals surface area contributed by atoms with Gasteiger partial charge in [0, 0.05) is 38.6 Å². The molecule has 2 amide bonds. The lowest BCUT2D eigenvalue weighted by molar-refractivity contribution is -0.122. The van der Waals surface area contributed by atoms with Crippen molar-refractivity contribution in [2.75, 3.05) is 19.6 Å². The highest BCUT2D eigenvalue weighted by molar-refractivity contribution is 7.12. The smallest absolute Gasteiger partial charge is 0.261 e. The van der Waals surface area contributed by atoms with Gasteiger partial charge in [0.25, 0.3) is 5.91 Å². The molecule has 1 aromatic carbocycles. The summed E-state index contributed by atoms with van der Waals surface area (Å²) in [6.07, 6.45) is 3.10. The molecule has 0 saturated carbocycles. The molecule has 5 nitrogen and oxygen atoms in total. The van der Waals surface area contributed by atoms with Gasteiger partial charge in [-0.15, -0.1) is 11.3 Å². The summed E-state index contributed by atoms with van der Waals surface area (Å²) in [5, 5.41) is 7.88. The van der Waals surface area contributed by atoms with Gasteiger partial charge in [0.05, 0.1) is 4.88 Å². The van der Waals surface area contributed by atoms with Crippen LogP contribution >= 0.6 is 11.3 Å². The van der Waals surface area contributed by atoms with Crippen LogP contribution in [0.5, 0.6) is 0 Å². The Kier molecular flexibility index (Phi) is 7.42. The molecule has 0 unspecified atom stereocenters. The van der Waals surface area contributed by atoms with Crippen LogP contribution in [0.25, 0.3) is 0 Å². The van der Waals surface area contributed by atoms with E-state index in [0.717, 1.165) is 32.5 Å². The molecule has 1 aliphatic rings. The number of likely N-dealkylation sites (tertiary alicyclic amines) is 1. The maximum absolute atomic E-state index is 12.1. The van der Waals surface area contributed by atoms with Gasteiger partial charge in [0.2, 0.25) is 5.91 Å². The van der Waals surface area contributed by atoms with Crippen LogP contribution in [0, 0.1) is 0 Å². The number of thiophene rings is 1. The number of hydrogen-bond acceptors (Lipinski definition) is 4. The third-order valence-electron chi connectivity index (χ3n) is 4.81. The van der Waals surface area contributed by atoms with Crippen molar-refractivity contribution in [1.29, 1.82) is 0 Å². The molecule has 144 valence electrons. The van der Waals surface area contributed by atoms with E-state index in [-0.39, 0.29) is 17.9 Å². The van der Waals surface area contributed by atoms with Crippen molar-refractivity contribution in [3.05, 3.63) is 58.3 Å². The monoisotopic (exact) mass is 385 g/mol. The molecule has 2 heterocycles. The quantitative estimate of drug-likeness (QED) is 0.687. The first-order chi connectivity index (χ1) is 13.2. The van der Waals surface area contributed by atoms with Gasteiger partial charge in [-0.2, -0.15) is 0 Å². The van der Waals surface area contributed by atoms with Crippen molar-refractivity contribution in [3.8, 4) is 0 Å². The molecule has 1 aliphatic heterocycles. The van der Waals surface area contributed by atoms with E-state index in [9.17, 15) is 9.59 Å². The van der Waals surface area contributed by atoms with Gasteiger partial charge >= 0.3 is 0 Å². The Morgan fingerprint density at radius 2 is 1.85 bits per heavy atom. The van der Waals surface area contributed by atoms with Gasteiger partial charge in [-0.3, -0.25) is 14.5 Å². The molecule has 1 aromatic heterocycles. The molecular formula is C21H27N3O2S. The van der Waals surface area contributed by atoms with Gasteiger partial charge in [-0.05, 0) is 36.3 Å². The fourth-order valence-electron chi connectivity index (χ4n) is 3.32. The first-order valence-electron chi connectivity index (χ1n) is 9.58. The number of benzene rings is 1. The summed E-state index contributed by atoms with van der Waals surface area (Å²) in [5.74, 6) is 0.0260. The number of rotatable bonds is 8. The second-order valence-electron chi connectivity index (χ2n) is 6.94. The minimum Gasteiger partial charge on any atom is -0.353 e. The second-order valence-corrected chi connectivity index (χ2v) is 7.89. The summed E-state index contributed by atoms with van der Waals surface area (Å²) >= 11 is 1.42. The Labute approximate surface area is 164 Å². The van der Waals surface area contributed by atoms with E-state index in [2.05, 4.69) is 39.8 Å². The Morgan fingerprint density at radius 3 is 2.56 bits per heavy atom. The van der Waals surface area contributed by atoms with Crippen LogP contribution in [0.15, 0.2) is 47.8 Å². The molecular weight excluding hydrogens is 358 g/mol. The predicted molar refractivity (Wildman–Crippen MR) is 109 cm³/mol. The van der Waals surface area contributed by atoms with Crippen molar-refractivity contribution < 1.29 is 9.59 Å². The second kappa shape index (κ2) is 10.2. The highest BCUT2D eigenvalue weighted by Crippen LogP contribution is 2.14. The molecule has 27 heavy (non-hydrogen) atoms. The van der Waals surface area contributed by atoms with Gasteiger partial charge in [0.1, 0.15) is 0 Å². The molecule has 3 rings (SSSR count). The molecule has 1 fully saturated rings. The molecule has 1 saturated heterocycles. The zero-order chi connectivity index (χ0) is 18.9. The van der Waals surface area contributed by atoms with E-state index in [0.29, 0.717) is 24.3 Å². The molecule has 2 aromatic rings. The summed E-state index contributed by atoms with van der Waals surface area (Å²) in [4.78, 5) is 27.1. The molecule has 0 radical (unpaired) electrons. The van der Waals surface area contributed by atoms with E-state index in [1.807, 2.05) is 17.5 Å².